The van der Waals surface area contributed by atoms with Crippen LogP contribution >= 0.6 is 0 Å². The van der Waals surface area contributed by atoms with Crippen molar-refractivity contribution < 1.29 is 0 Å². The average Bonchev–Trinajstić information content (AvgIpc) is 2.25. The molecule has 0 amide bonds. The molecule has 0 saturated heterocycles. The van der Waals surface area contributed by atoms with E-state index in [4.69, 9.17) is 9.97 Å². The lowest BCUT2D eigenvalue weighted by Crippen LogP contribution is -2.25. The van der Waals surface area contributed by atoms with Crippen LogP contribution in [0.1, 0.15) is 52.9 Å². The van der Waals surface area contributed by atoms with Crippen LogP contribution in [0.5, 0.6) is 0 Å². The van der Waals surface area contributed by atoms with Crippen molar-refractivity contribution in [2.45, 2.75) is 52.4 Å². The van der Waals surface area contributed by atoms with Gasteiger partial charge in [0.05, 0.1) is 23.8 Å². The van der Waals surface area contributed by atoms with Crippen molar-refractivity contribution in [1.29, 1.82) is 0 Å². The van der Waals surface area contributed by atoms with Crippen LogP contribution in [0.15, 0.2) is 12.4 Å². The minimum atomic E-state index is -0.0346. The fourth-order valence-corrected chi connectivity index (χ4v) is 1.87. The molecule has 0 aliphatic heterocycles. The van der Waals surface area contributed by atoms with Gasteiger partial charge in [-0.25, -0.2) is 9.97 Å². The molecule has 2 rings (SSSR count). The van der Waals surface area contributed by atoms with E-state index in [9.17, 15) is 0 Å². The molecule has 0 radical (unpaired) electrons. The predicted molar refractivity (Wildman–Crippen MR) is 72.5 cm³/mol. The van der Waals surface area contributed by atoms with Gasteiger partial charge in [0.2, 0.25) is 0 Å². The van der Waals surface area contributed by atoms with Crippen molar-refractivity contribution in [1.82, 2.24) is 20.2 Å². The summed E-state index contributed by atoms with van der Waals surface area (Å²) in [5.41, 5.74) is 3.62. The Morgan fingerprint density at radius 2 is 1.00 bits per heavy atom. The highest BCUT2D eigenvalue weighted by Gasteiger charge is 2.28. The number of hydrogen-bond donors (Lipinski definition) is 0. The van der Waals surface area contributed by atoms with Gasteiger partial charge >= 0.3 is 0 Å². The Hall–Kier alpha value is -1.58. The second-order valence-electron chi connectivity index (χ2n) is 6.68. The van der Waals surface area contributed by atoms with Crippen LogP contribution in [0.25, 0.3) is 11.0 Å². The lowest BCUT2D eigenvalue weighted by molar-refractivity contribution is 0.502. The second-order valence-corrected chi connectivity index (χ2v) is 6.68. The van der Waals surface area contributed by atoms with Crippen LogP contribution in [-0.4, -0.2) is 20.2 Å². The Morgan fingerprint density at radius 1 is 0.667 bits per heavy atom. The molecular weight excluding hydrogens is 224 g/mol. The largest absolute Gasteiger partial charge is 0.247 e. The molecule has 0 aliphatic rings. The van der Waals surface area contributed by atoms with E-state index in [-0.39, 0.29) is 10.8 Å². The highest BCUT2D eigenvalue weighted by atomic mass is 15.1. The van der Waals surface area contributed by atoms with E-state index in [0.717, 1.165) is 22.4 Å². The van der Waals surface area contributed by atoms with E-state index in [1.165, 1.54) is 0 Å². The Balaban J connectivity index is 2.81. The van der Waals surface area contributed by atoms with Gasteiger partial charge in [-0.3, -0.25) is 0 Å². The zero-order valence-electron chi connectivity index (χ0n) is 11.9. The highest BCUT2D eigenvalue weighted by molar-refractivity contribution is 5.72. The Kier molecular flexibility index (Phi) is 2.84. The molecule has 0 aliphatic carbocycles. The quantitative estimate of drug-likeness (QED) is 0.714. The van der Waals surface area contributed by atoms with Crippen molar-refractivity contribution in [3.05, 3.63) is 23.8 Å². The maximum absolute atomic E-state index is 4.75. The lowest BCUT2D eigenvalue weighted by Gasteiger charge is -2.27. The van der Waals surface area contributed by atoms with Crippen LogP contribution in [0.2, 0.25) is 0 Å². The first-order valence-electron chi connectivity index (χ1n) is 6.19. The molecule has 0 atom stereocenters. The molecule has 96 valence electrons. The first-order valence-corrected chi connectivity index (χ1v) is 6.19. The summed E-state index contributed by atoms with van der Waals surface area (Å²) in [6.07, 6.45) is 3.34. The molecule has 2 heterocycles. The molecule has 2 aromatic heterocycles. The Labute approximate surface area is 108 Å². The molecule has 0 spiro atoms. The molecule has 4 heteroatoms. The van der Waals surface area contributed by atoms with Gasteiger partial charge in [0, 0.05) is 10.8 Å². The predicted octanol–water partition coefficient (Wildman–Crippen LogP) is 3.01. The number of rotatable bonds is 0. The van der Waals surface area contributed by atoms with Crippen LogP contribution in [0.3, 0.4) is 0 Å². The maximum atomic E-state index is 4.75. The number of hydrogen-bond acceptors (Lipinski definition) is 4. The van der Waals surface area contributed by atoms with Gasteiger partial charge in [-0.05, 0) is 0 Å². The minimum Gasteiger partial charge on any atom is -0.247 e. The van der Waals surface area contributed by atoms with E-state index in [0.29, 0.717) is 0 Å². The summed E-state index contributed by atoms with van der Waals surface area (Å²) >= 11 is 0. The standard InChI is InChI=1S/C14H20N4/c1-13(2,3)11-12(14(4,5)6)18-10-8-16-15-7-9(10)17-11/h7-8H,1-6H3. The van der Waals surface area contributed by atoms with E-state index in [2.05, 4.69) is 51.7 Å². The molecule has 0 fully saturated rings. The number of fused-ring (bicyclic) bond motifs is 1. The second kappa shape index (κ2) is 3.97. The van der Waals surface area contributed by atoms with Gasteiger partial charge in [0.25, 0.3) is 0 Å². The summed E-state index contributed by atoms with van der Waals surface area (Å²) in [5.74, 6) is 0. The topological polar surface area (TPSA) is 51.6 Å². The molecule has 0 N–H and O–H groups in total. The summed E-state index contributed by atoms with van der Waals surface area (Å²) in [5, 5.41) is 7.75. The van der Waals surface area contributed by atoms with Gasteiger partial charge in [-0.2, -0.15) is 10.2 Å². The van der Waals surface area contributed by atoms with Crippen molar-refractivity contribution in [2.24, 2.45) is 0 Å². The molecule has 0 saturated carbocycles. The number of aromatic nitrogens is 4. The minimum absolute atomic E-state index is 0.0346. The molecule has 18 heavy (non-hydrogen) atoms. The first-order chi connectivity index (χ1) is 8.19. The van der Waals surface area contributed by atoms with Crippen molar-refractivity contribution in [3.63, 3.8) is 0 Å². The van der Waals surface area contributed by atoms with Crippen molar-refractivity contribution in [2.75, 3.05) is 0 Å². The van der Waals surface area contributed by atoms with Gasteiger partial charge in [0.1, 0.15) is 11.0 Å². The SMILES string of the molecule is CC(C)(C)c1nc2cnncc2nc1C(C)(C)C. The van der Waals surface area contributed by atoms with E-state index in [1.54, 1.807) is 12.4 Å². The van der Waals surface area contributed by atoms with Gasteiger partial charge < -0.3 is 0 Å². The monoisotopic (exact) mass is 244 g/mol. The molecule has 0 unspecified atom stereocenters. The Bertz CT molecular complexity index is 524. The van der Waals surface area contributed by atoms with Crippen molar-refractivity contribution in [3.8, 4) is 0 Å². The van der Waals surface area contributed by atoms with Crippen LogP contribution in [0, 0.1) is 0 Å². The first kappa shape index (κ1) is 12.9. The lowest BCUT2D eigenvalue weighted by atomic mass is 9.81. The van der Waals surface area contributed by atoms with Gasteiger partial charge in [0.15, 0.2) is 0 Å². The summed E-state index contributed by atoms with van der Waals surface area (Å²) in [6.45, 7) is 13.0. The summed E-state index contributed by atoms with van der Waals surface area (Å²) < 4.78 is 0. The molecule has 0 bridgehead atoms. The average molecular weight is 244 g/mol. The fourth-order valence-electron chi connectivity index (χ4n) is 1.87. The number of nitrogens with zero attached hydrogens (tertiary/aromatic N) is 4. The summed E-state index contributed by atoms with van der Waals surface area (Å²) in [7, 11) is 0. The van der Waals surface area contributed by atoms with Gasteiger partial charge in [-0.1, -0.05) is 41.5 Å². The zero-order valence-corrected chi connectivity index (χ0v) is 11.9. The van der Waals surface area contributed by atoms with E-state index in [1.807, 2.05) is 0 Å². The third-order valence-corrected chi connectivity index (χ3v) is 2.80. The summed E-state index contributed by atoms with van der Waals surface area (Å²) in [4.78, 5) is 9.50. The van der Waals surface area contributed by atoms with Gasteiger partial charge in [-0.15, -0.1) is 0 Å². The van der Waals surface area contributed by atoms with Crippen LogP contribution in [-0.2, 0) is 10.8 Å². The van der Waals surface area contributed by atoms with Crippen LogP contribution < -0.4 is 0 Å². The molecular formula is C14H20N4. The fraction of sp³-hybridized carbons (Fsp3) is 0.571. The molecule has 2 aromatic rings. The Morgan fingerprint density at radius 3 is 1.28 bits per heavy atom. The summed E-state index contributed by atoms with van der Waals surface area (Å²) in [6, 6.07) is 0. The third-order valence-electron chi connectivity index (χ3n) is 2.80. The van der Waals surface area contributed by atoms with Crippen molar-refractivity contribution >= 4 is 11.0 Å². The molecule has 4 nitrogen and oxygen atoms in total. The highest BCUT2D eigenvalue weighted by Crippen LogP contribution is 2.32. The molecule has 0 aromatic carbocycles. The van der Waals surface area contributed by atoms with Crippen LogP contribution in [0.4, 0.5) is 0 Å². The zero-order chi connectivity index (χ0) is 13.6. The van der Waals surface area contributed by atoms with E-state index >= 15 is 0 Å². The third kappa shape index (κ3) is 2.33. The van der Waals surface area contributed by atoms with E-state index < -0.39 is 0 Å². The normalized spacial score (nSPS) is 13.0. The maximum Gasteiger partial charge on any atom is 0.111 e. The smallest absolute Gasteiger partial charge is 0.111 e.